The minimum Gasteiger partial charge on any atom is -0.375 e. The molecule has 2 N–H and O–H groups in total. The second kappa shape index (κ2) is 12.2. The summed E-state index contributed by atoms with van der Waals surface area (Å²) in [6.45, 7) is 3.01. The van der Waals surface area contributed by atoms with E-state index in [4.69, 9.17) is 0 Å². The summed E-state index contributed by atoms with van der Waals surface area (Å²) in [6, 6.07) is 9.46. The van der Waals surface area contributed by atoms with Crippen molar-refractivity contribution in [1.82, 2.24) is 10.0 Å². The average Bonchev–Trinajstić information content (AvgIpc) is 2.65. The molecule has 1 atom stereocenters. The van der Waals surface area contributed by atoms with Gasteiger partial charge in [-0.05, 0) is 50.3 Å². The molecule has 0 fully saturated rings. The molecule has 1 unspecified atom stereocenters. The molecule has 1 rings (SSSR count). The van der Waals surface area contributed by atoms with Gasteiger partial charge in [-0.15, -0.1) is 0 Å². The molecule has 26 heavy (non-hydrogen) atoms. The topological polar surface area (TPSA) is 78.5 Å². The van der Waals surface area contributed by atoms with E-state index in [9.17, 15) is 13.2 Å². The first-order chi connectivity index (χ1) is 12.4. The monoisotopic (exact) mass is 401 g/mol. The highest BCUT2D eigenvalue weighted by molar-refractivity contribution is 7.98. The van der Waals surface area contributed by atoms with Gasteiger partial charge in [-0.2, -0.15) is 11.8 Å². The van der Waals surface area contributed by atoms with Gasteiger partial charge in [-0.3, -0.25) is 4.79 Å². The van der Waals surface area contributed by atoms with Crippen LogP contribution in [0.3, 0.4) is 0 Å². The van der Waals surface area contributed by atoms with E-state index in [-0.39, 0.29) is 11.7 Å². The summed E-state index contributed by atoms with van der Waals surface area (Å²) in [5, 5.41) is 2.86. The quantitative estimate of drug-likeness (QED) is 0.495. The number of amides is 1. The molecule has 0 saturated carbocycles. The number of nitrogens with one attached hydrogen (secondary N) is 2. The SMILES string of the molecule is CCS(=O)(=O)NC(CCSC)C(=O)NCCCCN(C)c1ccccc1. The third-order valence-corrected chi connectivity index (χ3v) is 6.09. The fraction of sp³-hybridized carbons (Fsp3) is 0.611. The molecule has 1 aromatic rings. The van der Waals surface area contributed by atoms with Crippen molar-refractivity contribution in [3.63, 3.8) is 0 Å². The molecular formula is C18H31N3O3S2. The molecule has 6 nitrogen and oxygen atoms in total. The number of para-hydroxylation sites is 1. The van der Waals surface area contributed by atoms with Crippen LogP contribution in [-0.2, 0) is 14.8 Å². The van der Waals surface area contributed by atoms with Crippen molar-refractivity contribution < 1.29 is 13.2 Å². The smallest absolute Gasteiger partial charge is 0.238 e. The number of carbonyl (C=O) groups is 1. The van der Waals surface area contributed by atoms with Crippen LogP contribution in [0.1, 0.15) is 26.2 Å². The van der Waals surface area contributed by atoms with Crippen molar-refractivity contribution in [2.75, 3.05) is 42.8 Å². The molecule has 0 aliphatic rings. The van der Waals surface area contributed by atoms with Crippen molar-refractivity contribution in [3.05, 3.63) is 30.3 Å². The zero-order valence-electron chi connectivity index (χ0n) is 15.9. The Labute approximate surface area is 162 Å². The number of thioether (sulfide) groups is 1. The highest BCUT2D eigenvalue weighted by Gasteiger charge is 2.22. The number of carbonyl (C=O) groups excluding carboxylic acids is 1. The molecule has 0 heterocycles. The van der Waals surface area contributed by atoms with E-state index in [0.29, 0.717) is 13.0 Å². The molecule has 0 aliphatic heterocycles. The van der Waals surface area contributed by atoms with Crippen molar-refractivity contribution in [2.24, 2.45) is 0 Å². The van der Waals surface area contributed by atoms with Crippen LogP contribution < -0.4 is 14.9 Å². The van der Waals surface area contributed by atoms with Crippen molar-refractivity contribution in [3.8, 4) is 0 Å². The van der Waals surface area contributed by atoms with Crippen molar-refractivity contribution in [2.45, 2.75) is 32.2 Å². The Balaban J connectivity index is 2.35. The van der Waals surface area contributed by atoms with Gasteiger partial charge in [-0.1, -0.05) is 18.2 Å². The summed E-state index contributed by atoms with van der Waals surface area (Å²) in [5.74, 6) is 0.459. The second-order valence-corrected chi connectivity index (χ2v) is 9.14. The largest absolute Gasteiger partial charge is 0.375 e. The molecular weight excluding hydrogens is 370 g/mol. The highest BCUT2D eigenvalue weighted by atomic mass is 32.2. The molecule has 1 amide bonds. The summed E-state index contributed by atoms with van der Waals surface area (Å²) < 4.78 is 26.0. The van der Waals surface area contributed by atoms with Crippen LogP contribution in [0.2, 0.25) is 0 Å². The fourth-order valence-corrected chi connectivity index (χ4v) is 3.70. The summed E-state index contributed by atoms with van der Waals surface area (Å²) >= 11 is 1.59. The molecule has 0 aliphatic carbocycles. The van der Waals surface area contributed by atoms with E-state index in [1.165, 1.54) is 5.69 Å². The average molecular weight is 402 g/mol. The second-order valence-electron chi connectivity index (χ2n) is 6.11. The summed E-state index contributed by atoms with van der Waals surface area (Å²) in [4.78, 5) is 14.5. The first-order valence-corrected chi connectivity index (χ1v) is 12.0. The van der Waals surface area contributed by atoms with Gasteiger partial charge >= 0.3 is 0 Å². The van der Waals surface area contributed by atoms with E-state index >= 15 is 0 Å². The number of rotatable bonds is 13. The molecule has 0 spiro atoms. The van der Waals surface area contributed by atoms with Crippen molar-refractivity contribution in [1.29, 1.82) is 0 Å². The maximum absolute atomic E-state index is 12.3. The van der Waals surface area contributed by atoms with E-state index in [1.54, 1.807) is 18.7 Å². The lowest BCUT2D eigenvalue weighted by molar-refractivity contribution is -0.122. The minimum atomic E-state index is -3.40. The maximum Gasteiger partial charge on any atom is 0.238 e. The predicted molar refractivity (Wildman–Crippen MR) is 111 cm³/mol. The number of benzene rings is 1. The maximum atomic E-state index is 12.3. The van der Waals surface area contributed by atoms with Crippen LogP contribution in [0.4, 0.5) is 5.69 Å². The Bertz CT molecular complexity index is 624. The standard InChI is InChI=1S/C18H31N3O3S2/c1-4-26(23,24)20-17(12-15-25-3)18(22)19-13-8-9-14-21(2)16-10-6-5-7-11-16/h5-7,10-11,17,20H,4,8-9,12-15H2,1-3H3,(H,19,22). The van der Waals surface area contributed by atoms with Gasteiger partial charge in [0.15, 0.2) is 0 Å². The Morgan fingerprint density at radius 2 is 1.92 bits per heavy atom. The van der Waals surface area contributed by atoms with Crippen LogP contribution in [0.5, 0.6) is 0 Å². The molecule has 148 valence electrons. The molecule has 0 saturated heterocycles. The summed E-state index contributed by atoms with van der Waals surface area (Å²) in [7, 11) is -1.35. The van der Waals surface area contributed by atoms with Gasteiger partial charge in [0.05, 0.1) is 5.75 Å². The van der Waals surface area contributed by atoms with E-state index in [0.717, 1.165) is 25.1 Å². The molecule has 0 aromatic heterocycles. The predicted octanol–water partition coefficient (Wildman–Crippen LogP) is 2.08. The molecule has 0 radical (unpaired) electrons. The number of hydrogen-bond acceptors (Lipinski definition) is 5. The number of hydrogen-bond donors (Lipinski definition) is 2. The number of sulfonamides is 1. The molecule has 1 aromatic carbocycles. The van der Waals surface area contributed by atoms with Gasteiger partial charge in [0, 0.05) is 25.8 Å². The fourth-order valence-electron chi connectivity index (χ4n) is 2.40. The lowest BCUT2D eigenvalue weighted by atomic mass is 10.2. The van der Waals surface area contributed by atoms with Gasteiger partial charge < -0.3 is 10.2 Å². The van der Waals surface area contributed by atoms with E-state index in [2.05, 4.69) is 27.1 Å². The minimum absolute atomic E-state index is 0.0259. The number of unbranched alkanes of at least 4 members (excludes halogenated alkanes) is 1. The molecule has 0 bridgehead atoms. The van der Waals surface area contributed by atoms with Crippen LogP contribution in [0.15, 0.2) is 30.3 Å². The zero-order chi connectivity index (χ0) is 19.4. The number of anilines is 1. The Hall–Kier alpha value is -1.25. The van der Waals surface area contributed by atoms with Crippen LogP contribution in [0.25, 0.3) is 0 Å². The van der Waals surface area contributed by atoms with E-state index in [1.807, 2.05) is 31.5 Å². The highest BCUT2D eigenvalue weighted by Crippen LogP contribution is 2.11. The van der Waals surface area contributed by atoms with Crippen molar-refractivity contribution >= 4 is 33.4 Å². The van der Waals surface area contributed by atoms with Crippen LogP contribution in [-0.4, -0.2) is 58.3 Å². The first kappa shape index (κ1) is 22.8. The lowest BCUT2D eigenvalue weighted by Crippen LogP contribution is -2.47. The Morgan fingerprint density at radius 3 is 2.54 bits per heavy atom. The normalized spacial score (nSPS) is 12.6. The zero-order valence-corrected chi connectivity index (χ0v) is 17.5. The van der Waals surface area contributed by atoms with Crippen LogP contribution >= 0.6 is 11.8 Å². The van der Waals surface area contributed by atoms with Gasteiger partial charge in [0.25, 0.3) is 0 Å². The van der Waals surface area contributed by atoms with Gasteiger partial charge in [-0.25, -0.2) is 13.1 Å². The number of nitrogens with zero attached hydrogens (tertiary/aromatic N) is 1. The van der Waals surface area contributed by atoms with Crippen LogP contribution in [0, 0.1) is 0 Å². The molecule has 8 heteroatoms. The van der Waals surface area contributed by atoms with Gasteiger partial charge in [0.2, 0.25) is 15.9 Å². The Kier molecular flexibility index (Phi) is 10.7. The summed E-state index contributed by atoms with van der Waals surface area (Å²) in [6.07, 6.45) is 4.22. The van der Waals surface area contributed by atoms with E-state index < -0.39 is 16.1 Å². The third-order valence-electron chi connectivity index (χ3n) is 4.05. The van der Waals surface area contributed by atoms with Gasteiger partial charge in [0.1, 0.15) is 6.04 Å². The Morgan fingerprint density at radius 1 is 1.23 bits per heavy atom. The first-order valence-electron chi connectivity index (χ1n) is 8.92. The third kappa shape index (κ3) is 8.91. The lowest BCUT2D eigenvalue weighted by Gasteiger charge is -2.20. The summed E-state index contributed by atoms with van der Waals surface area (Å²) in [5.41, 5.74) is 1.17.